The highest BCUT2D eigenvalue weighted by Gasteiger charge is 2.36. The lowest BCUT2D eigenvalue weighted by Gasteiger charge is -2.28. The third kappa shape index (κ3) is 3.26. The van der Waals surface area contributed by atoms with Crippen molar-refractivity contribution in [1.82, 2.24) is 0 Å². The zero-order chi connectivity index (χ0) is 14.8. The maximum Gasteiger partial charge on any atom is 0.190 e. The molecule has 1 aliphatic carbocycles. The van der Waals surface area contributed by atoms with Gasteiger partial charge in [-0.1, -0.05) is 17.7 Å². The molecule has 0 saturated heterocycles. The number of thioether (sulfide) groups is 1. The predicted molar refractivity (Wildman–Crippen MR) is 82.6 cm³/mol. The van der Waals surface area contributed by atoms with Gasteiger partial charge in [-0.2, -0.15) is 0 Å². The van der Waals surface area contributed by atoms with Gasteiger partial charge in [0.2, 0.25) is 0 Å². The summed E-state index contributed by atoms with van der Waals surface area (Å²) in [6, 6.07) is 6.96. The number of hydrogen-bond donors (Lipinski definition) is 0. The van der Waals surface area contributed by atoms with Crippen molar-refractivity contribution in [1.29, 1.82) is 0 Å². The van der Waals surface area contributed by atoms with Crippen LogP contribution in [0.1, 0.15) is 31.2 Å². The van der Waals surface area contributed by atoms with Gasteiger partial charge in [0.1, 0.15) is 10.4 Å². The van der Waals surface area contributed by atoms with Crippen molar-refractivity contribution in [2.45, 2.75) is 42.1 Å². The molecule has 1 saturated carbocycles. The molecule has 0 spiro atoms. The number of carbonyl (C=O) groups excluding carboxylic acids is 1. The van der Waals surface area contributed by atoms with Crippen LogP contribution in [-0.2, 0) is 14.6 Å². The van der Waals surface area contributed by atoms with Crippen LogP contribution in [0.5, 0.6) is 0 Å². The topological polar surface area (TPSA) is 51.2 Å². The third-order valence-electron chi connectivity index (χ3n) is 3.79. The fourth-order valence-electron chi connectivity index (χ4n) is 2.72. The van der Waals surface area contributed by atoms with E-state index >= 15 is 0 Å². The molecule has 0 radical (unpaired) electrons. The minimum absolute atomic E-state index is 0.0578. The highest BCUT2D eigenvalue weighted by atomic mass is 32.3. The Labute approximate surface area is 125 Å². The van der Waals surface area contributed by atoms with Gasteiger partial charge < -0.3 is 0 Å². The monoisotopic (exact) mass is 312 g/mol. The van der Waals surface area contributed by atoms with E-state index in [1.54, 1.807) is 12.1 Å². The van der Waals surface area contributed by atoms with Gasteiger partial charge in [-0.3, -0.25) is 4.79 Å². The molecule has 0 heterocycles. The normalized spacial score (nSPS) is 21.7. The molecular formula is C15H20O3S2. The molecule has 0 aliphatic heterocycles. The average Bonchev–Trinajstić information content (AvgIpc) is 2.40. The highest BCUT2D eigenvalue weighted by Crippen LogP contribution is 2.36. The molecule has 20 heavy (non-hydrogen) atoms. The van der Waals surface area contributed by atoms with Crippen LogP contribution in [-0.4, -0.2) is 25.0 Å². The molecule has 0 aromatic heterocycles. The molecule has 1 aliphatic rings. The Kier molecular flexibility index (Phi) is 4.91. The van der Waals surface area contributed by atoms with Crippen LogP contribution >= 0.6 is 11.8 Å². The fraction of sp³-hybridized carbons (Fsp3) is 0.533. The molecule has 0 N–H and O–H groups in total. The second-order valence-electron chi connectivity index (χ2n) is 5.36. The standard InChI is InChI=1S/C15H20O3S2/c1-11-6-8-14(9-7-11)20(17,18)15(19-2)12-4-3-5-13(16)10-12/h6-9,12,15H,3-5,10H2,1-2H3. The number of Topliss-reactive ketones (excluding diaryl/α,β-unsaturated/α-hetero) is 1. The zero-order valence-corrected chi connectivity index (χ0v) is 13.5. The van der Waals surface area contributed by atoms with Crippen LogP contribution in [0.4, 0.5) is 0 Å². The van der Waals surface area contributed by atoms with E-state index in [2.05, 4.69) is 0 Å². The molecule has 1 fully saturated rings. The number of aryl methyl sites for hydroxylation is 1. The van der Waals surface area contributed by atoms with Crippen molar-refractivity contribution in [2.24, 2.45) is 5.92 Å². The number of carbonyl (C=O) groups is 1. The highest BCUT2D eigenvalue weighted by molar-refractivity contribution is 8.13. The number of rotatable bonds is 4. The summed E-state index contributed by atoms with van der Waals surface area (Å²) in [7, 11) is -3.38. The van der Waals surface area contributed by atoms with Crippen LogP contribution in [0, 0.1) is 12.8 Å². The van der Waals surface area contributed by atoms with Crippen LogP contribution in [0.15, 0.2) is 29.2 Å². The van der Waals surface area contributed by atoms with Gasteiger partial charge in [0, 0.05) is 12.8 Å². The summed E-state index contributed by atoms with van der Waals surface area (Å²) in [6.45, 7) is 1.93. The van der Waals surface area contributed by atoms with Gasteiger partial charge in [-0.25, -0.2) is 8.42 Å². The lowest BCUT2D eigenvalue weighted by Crippen LogP contribution is -2.31. The lowest BCUT2D eigenvalue weighted by atomic mass is 9.90. The Morgan fingerprint density at radius 1 is 1.25 bits per heavy atom. The van der Waals surface area contributed by atoms with E-state index in [1.165, 1.54) is 11.8 Å². The first-order chi connectivity index (χ1) is 9.45. The van der Waals surface area contributed by atoms with Crippen molar-refractivity contribution in [3.63, 3.8) is 0 Å². The van der Waals surface area contributed by atoms with E-state index in [-0.39, 0.29) is 11.7 Å². The minimum atomic E-state index is -3.38. The fourth-order valence-corrected chi connectivity index (χ4v) is 6.21. The molecule has 0 bridgehead atoms. The predicted octanol–water partition coefficient (Wildman–Crippen LogP) is 3.22. The molecule has 5 heteroatoms. The third-order valence-corrected chi connectivity index (χ3v) is 7.91. The first kappa shape index (κ1) is 15.6. The van der Waals surface area contributed by atoms with E-state index in [0.29, 0.717) is 17.7 Å². The van der Waals surface area contributed by atoms with Crippen molar-refractivity contribution in [2.75, 3.05) is 6.26 Å². The molecule has 2 rings (SSSR count). The number of benzene rings is 1. The first-order valence-electron chi connectivity index (χ1n) is 6.80. The van der Waals surface area contributed by atoms with Crippen LogP contribution in [0.3, 0.4) is 0 Å². The Morgan fingerprint density at radius 3 is 2.45 bits per heavy atom. The van der Waals surface area contributed by atoms with Gasteiger partial charge in [-0.05, 0) is 44.1 Å². The van der Waals surface area contributed by atoms with E-state index in [9.17, 15) is 13.2 Å². The molecular weight excluding hydrogens is 292 g/mol. The second-order valence-corrected chi connectivity index (χ2v) is 8.70. The van der Waals surface area contributed by atoms with Crippen molar-refractivity contribution in [3.8, 4) is 0 Å². The molecule has 3 nitrogen and oxygen atoms in total. The van der Waals surface area contributed by atoms with Gasteiger partial charge in [0.05, 0.1) is 4.90 Å². The molecule has 0 amide bonds. The maximum atomic E-state index is 12.7. The number of sulfone groups is 1. The Bertz CT molecular complexity index is 576. The summed E-state index contributed by atoms with van der Waals surface area (Å²) in [5.74, 6) is 0.136. The summed E-state index contributed by atoms with van der Waals surface area (Å²) < 4.78 is 25.0. The molecule has 2 unspecified atom stereocenters. The van der Waals surface area contributed by atoms with Gasteiger partial charge in [0.25, 0.3) is 0 Å². The maximum absolute atomic E-state index is 12.7. The smallest absolute Gasteiger partial charge is 0.190 e. The average molecular weight is 312 g/mol. The van der Waals surface area contributed by atoms with Crippen molar-refractivity contribution >= 4 is 27.4 Å². The minimum Gasteiger partial charge on any atom is -0.300 e. The molecule has 1 aromatic rings. The summed E-state index contributed by atoms with van der Waals surface area (Å²) in [5.41, 5.74) is 1.04. The van der Waals surface area contributed by atoms with Gasteiger partial charge in [0.15, 0.2) is 9.84 Å². The van der Waals surface area contributed by atoms with E-state index in [0.717, 1.165) is 18.4 Å². The molecule has 2 atom stereocenters. The number of hydrogen-bond acceptors (Lipinski definition) is 4. The summed E-state index contributed by atoms with van der Waals surface area (Å²) in [4.78, 5) is 12.0. The van der Waals surface area contributed by atoms with E-state index in [4.69, 9.17) is 0 Å². The summed E-state index contributed by atoms with van der Waals surface area (Å²) in [6.07, 6.45) is 4.45. The van der Waals surface area contributed by atoms with Gasteiger partial charge >= 0.3 is 0 Å². The second kappa shape index (κ2) is 6.31. The molecule has 1 aromatic carbocycles. The van der Waals surface area contributed by atoms with Crippen LogP contribution < -0.4 is 0 Å². The van der Waals surface area contributed by atoms with Gasteiger partial charge in [-0.15, -0.1) is 11.8 Å². The first-order valence-corrected chi connectivity index (χ1v) is 9.63. The summed E-state index contributed by atoms with van der Waals surface area (Å²) in [5, 5.41) is 0. The Morgan fingerprint density at radius 2 is 1.90 bits per heavy atom. The van der Waals surface area contributed by atoms with E-state index in [1.807, 2.05) is 25.3 Å². The van der Waals surface area contributed by atoms with Crippen LogP contribution in [0.2, 0.25) is 0 Å². The van der Waals surface area contributed by atoms with Crippen molar-refractivity contribution in [3.05, 3.63) is 29.8 Å². The zero-order valence-electron chi connectivity index (χ0n) is 11.8. The largest absolute Gasteiger partial charge is 0.300 e. The van der Waals surface area contributed by atoms with Crippen molar-refractivity contribution < 1.29 is 13.2 Å². The number of ketones is 1. The quantitative estimate of drug-likeness (QED) is 0.856. The Balaban J connectivity index is 2.29. The molecule has 110 valence electrons. The Hall–Kier alpha value is -0.810. The summed E-state index contributed by atoms with van der Waals surface area (Å²) >= 11 is 1.34. The van der Waals surface area contributed by atoms with Crippen LogP contribution in [0.25, 0.3) is 0 Å². The SMILES string of the molecule is CSC(C1CCCC(=O)C1)S(=O)(=O)c1ccc(C)cc1. The van der Waals surface area contributed by atoms with E-state index < -0.39 is 14.4 Å². The lowest BCUT2D eigenvalue weighted by molar-refractivity contribution is -0.121.